The fraction of sp³-hybridized carbons (Fsp3) is 0.889. The van der Waals surface area contributed by atoms with Crippen LogP contribution in [0.3, 0.4) is 0 Å². The maximum atomic E-state index is 10.6. The van der Waals surface area contributed by atoms with Gasteiger partial charge < -0.3 is 5.32 Å². The number of amides is 1. The Bertz CT molecular complexity index is 153. The highest BCUT2D eigenvalue weighted by Gasteiger charge is 2.32. The van der Waals surface area contributed by atoms with E-state index in [0.717, 1.165) is 12.3 Å². The van der Waals surface area contributed by atoms with E-state index in [1.807, 2.05) is 0 Å². The Hall–Kier alpha value is -0.530. The molecule has 1 saturated carbocycles. The number of carbonyl (C=O) groups excluding carboxylic acids is 1. The van der Waals surface area contributed by atoms with E-state index in [1.54, 1.807) is 0 Å². The number of hydrogen-bond acceptors (Lipinski definition) is 1. The summed E-state index contributed by atoms with van der Waals surface area (Å²) in [6, 6.07) is 0.544. The van der Waals surface area contributed by atoms with Crippen LogP contribution in [0.4, 0.5) is 0 Å². The summed E-state index contributed by atoms with van der Waals surface area (Å²) >= 11 is 0. The van der Waals surface area contributed by atoms with Crippen LogP contribution in [0.25, 0.3) is 0 Å². The smallest absolute Gasteiger partial charge is 0.222 e. The third-order valence-corrected chi connectivity index (χ3v) is 2.97. The van der Waals surface area contributed by atoms with Gasteiger partial charge in [-0.3, -0.25) is 4.79 Å². The molecule has 1 heterocycles. The normalized spacial score (nSPS) is 32.7. The Morgan fingerprint density at radius 2 is 1.82 bits per heavy atom. The van der Waals surface area contributed by atoms with Gasteiger partial charge in [0.25, 0.3) is 0 Å². The average Bonchev–Trinajstić information content (AvgIpc) is 2.01. The number of hydrogen-bond donors (Lipinski definition) is 1. The molecule has 2 rings (SSSR count). The molecule has 62 valence electrons. The monoisotopic (exact) mass is 153 g/mol. The van der Waals surface area contributed by atoms with Crippen molar-refractivity contribution in [1.82, 2.24) is 5.32 Å². The van der Waals surface area contributed by atoms with E-state index in [4.69, 9.17) is 0 Å². The molecule has 0 aromatic carbocycles. The molecule has 1 amide bonds. The zero-order valence-corrected chi connectivity index (χ0v) is 6.81. The van der Waals surface area contributed by atoms with Crippen molar-refractivity contribution < 1.29 is 4.79 Å². The fourth-order valence-corrected chi connectivity index (χ4v) is 2.21. The van der Waals surface area contributed by atoms with Crippen molar-refractivity contribution in [1.29, 1.82) is 0 Å². The Morgan fingerprint density at radius 1 is 1.18 bits per heavy atom. The van der Waals surface area contributed by atoms with Crippen molar-refractivity contribution in [3.8, 4) is 0 Å². The van der Waals surface area contributed by atoms with Gasteiger partial charge in [0.05, 0.1) is 0 Å². The van der Waals surface area contributed by atoms with Crippen molar-refractivity contribution >= 4 is 5.91 Å². The molecule has 1 N–H and O–H groups in total. The first-order valence-corrected chi connectivity index (χ1v) is 4.65. The van der Waals surface area contributed by atoms with Crippen LogP contribution in [-0.4, -0.2) is 11.9 Å². The molecule has 0 bridgehead atoms. The summed E-state index contributed by atoms with van der Waals surface area (Å²) in [5.41, 5.74) is 0. The van der Waals surface area contributed by atoms with Gasteiger partial charge in [-0.15, -0.1) is 0 Å². The molecule has 0 spiro atoms. The predicted molar refractivity (Wildman–Crippen MR) is 43.1 cm³/mol. The van der Waals surface area contributed by atoms with Crippen LogP contribution in [0, 0.1) is 5.92 Å². The predicted octanol–water partition coefficient (Wildman–Crippen LogP) is 1.46. The van der Waals surface area contributed by atoms with Crippen LogP contribution in [0.2, 0.25) is 0 Å². The van der Waals surface area contributed by atoms with Gasteiger partial charge in [-0.1, -0.05) is 19.3 Å². The summed E-state index contributed by atoms with van der Waals surface area (Å²) in [6.07, 6.45) is 7.62. The van der Waals surface area contributed by atoms with E-state index in [2.05, 4.69) is 5.32 Å². The van der Waals surface area contributed by atoms with Crippen LogP contribution in [0.1, 0.15) is 38.5 Å². The average molecular weight is 153 g/mol. The number of nitrogens with one attached hydrogen (secondary N) is 1. The lowest BCUT2D eigenvalue weighted by Gasteiger charge is -2.36. The Morgan fingerprint density at radius 3 is 2.36 bits per heavy atom. The lowest BCUT2D eigenvalue weighted by Crippen LogP contribution is -2.52. The van der Waals surface area contributed by atoms with Gasteiger partial charge in [0.2, 0.25) is 5.91 Å². The van der Waals surface area contributed by atoms with Gasteiger partial charge in [0, 0.05) is 12.5 Å². The highest BCUT2D eigenvalue weighted by Crippen LogP contribution is 2.30. The molecular formula is C9H15NO. The fourth-order valence-electron chi connectivity index (χ4n) is 2.21. The van der Waals surface area contributed by atoms with Crippen molar-refractivity contribution in [3.05, 3.63) is 0 Å². The van der Waals surface area contributed by atoms with Crippen molar-refractivity contribution in [2.45, 2.75) is 44.6 Å². The second-order valence-corrected chi connectivity index (χ2v) is 3.78. The molecule has 2 aliphatic rings. The second kappa shape index (κ2) is 2.84. The van der Waals surface area contributed by atoms with Gasteiger partial charge in [-0.05, 0) is 18.8 Å². The number of carbonyl (C=O) groups is 1. The van der Waals surface area contributed by atoms with Gasteiger partial charge in [0.1, 0.15) is 0 Å². The zero-order chi connectivity index (χ0) is 7.68. The molecule has 2 heteroatoms. The first-order chi connectivity index (χ1) is 5.36. The molecule has 1 atom stereocenters. The first-order valence-electron chi connectivity index (χ1n) is 4.65. The van der Waals surface area contributed by atoms with E-state index >= 15 is 0 Å². The lowest BCUT2D eigenvalue weighted by molar-refractivity contribution is -0.129. The van der Waals surface area contributed by atoms with E-state index in [1.165, 1.54) is 32.1 Å². The SMILES string of the molecule is O=C1C[C@@H](C2CCCCC2)N1. The minimum atomic E-state index is 0.251. The minimum Gasteiger partial charge on any atom is -0.353 e. The van der Waals surface area contributed by atoms with Gasteiger partial charge in [-0.2, -0.15) is 0 Å². The summed E-state index contributed by atoms with van der Waals surface area (Å²) in [6.45, 7) is 0. The molecule has 0 aromatic rings. The van der Waals surface area contributed by atoms with Crippen molar-refractivity contribution in [2.75, 3.05) is 0 Å². The summed E-state index contributed by atoms with van der Waals surface area (Å²) in [4.78, 5) is 10.6. The summed E-state index contributed by atoms with van der Waals surface area (Å²) in [5, 5.41) is 2.97. The van der Waals surface area contributed by atoms with Gasteiger partial charge >= 0.3 is 0 Å². The number of rotatable bonds is 1. The Labute approximate surface area is 67.4 Å². The second-order valence-electron chi connectivity index (χ2n) is 3.78. The molecule has 2 nitrogen and oxygen atoms in total. The Kier molecular flexibility index (Phi) is 1.84. The van der Waals surface area contributed by atoms with E-state index in [0.29, 0.717) is 6.04 Å². The third kappa shape index (κ3) is 1.39. The molecule has 2 fully saturated rings. The maximum absolute atomic E-state index is 10.6. The maximum Gasteiger partial charge on any atom is 0.222 e. The molecule has 0 unspecified atom stereocenters. The molecule has 11 heavy (non-hydrogen) atoms. The van der Waals surface area contributed by atoms with Crippen LogP contribution in [-0.2, 0) is 4.79 Å². The topological polar surface area (TPSA) is 29.1 Å². The summed E-state index contributed by atoms with van der Waals surface area (Å²) in [7, 11) is 0. The largest absolute Gasteiger partial charge is 0.353 e. The molecule has 0 aromatic heterocycles. The summed E-state index contributed by atoms with van der Waals surface area (Å²) in [5.74, 6) is 1.06. The molecule has 0 radical (unpaired) electrons. The van der Waals surface area contributed by atoms with Crippen LogP contribution < -0.4 is 5.32 Å². The van der Waals surface area contributed by atoms with Gasteiger partial charge in [0.15, 0.2) is 0 Å². The first kappa shape index (κ1) is 7.14. The van der Waals surface area contributed by atoms with Crippen LogP contribution in [0.15, 0.2) is 0 Å². The lowest BCUT2D eigenvalue weighted by atomic mass is 9.80. The summed E-state index contributed by atoms with van der Waals surface area (Å²) < 4.78 is 0. The molecule has 1 saturated heterocycles. The number of β-lactam (4-membered cyclic amide) rings is 1. The highest BCUT2D eigenvalue weighted by atomic mass is 16.2. The Balaban J connectivity index is 1.80. The van der Waals surface area contributed by atoms with E-state index in [9.17, 15) is 4.79 Å². The molecule has 1 aliphatic carbocycles. The quantitative estimate of drug-likeness (QED) is 0.568. The zero-order valence-electron chi connectivity index (χ0n) is 6.81. The van der Waals surface area contributed by atoms with Crippen LogP contribution >= 0.6 is 0 Å². The minimum absolute atomic E-state index is 0.251. The molecule has 1 aliphatic heterocycles. The highest BCUT2D eigenvalue weighted by molar-refractivity contribution is 5.82. The third-order valence-electron chi connectivity index (χ3n) is 2.97. The molecular weight excluding hydrogens is 138 g/mol. The van der Waals surface area contributed by atoms with Crippen molar-refractivity contribution in [3.63, 3.8) is 0 Å². The van der Waals surface area contributed by atoms with Crippen molar-refractivity contribution in [2.24, 2.45) is 5.92 Å². The van der Waals surface area contributed by atoms with Gasteiger partial charge in [-0.25, -0.2) is 0 Å². The standard InChI is InChI=1S/C9H15NO/c11-9-6-8(10-9)7-4-2-1-3-5-7/h7-8H,1-6H2,(H,10,11)/t8-/m0/s1. The van der Waals surface area contributed by atoms with E-state index in [-0.39, 0.29) is 5.91 Å². The van der Waals surface area contributed by atoms with Crippen LogP contribution in [0.5, 0.6) is 0 Å². The van der Waals surface area contributed by atoms with E-state index < -0.39 is 0 Å².